The van der Waals surface area contributed by atoms with Crippen LogP contribution in [-0.2, 0) is 14.8 Å². The SMILES string of the molecule is Cc1c(-c2cc(C(=O)NS(=O)(=O)C3CC3)c3c(O[C@H](C)C4CCOCC4)ccc(C)c3n2)sc2ccccc12. The Kier molecular flexibility index (Phi) is 6.85. The summed E-state index contributed by atoms with van der Waals surface area (Å²) in [7, 11) is -3.74. The number of rotatable bonds is 7. The molecular weight excluding hydrogens is 532 g/mol. The van der Waals surface area contributed by atoms with E-state index in [2.05, 4.69) is 23.8 Å². The van der Waals surface area contributed by atoms with Crippen LogP contribution in [-0.4, -0.2) is 43.9 Å². The predicted octanol–water partition coefficient (Wildman–Crippen LogP) is 6.15. The van der Waals surface area contributed by atoms with Gasteiger partial charge in [0, 0.05) is 17.9 Å². The molecule has 1 aliphatic carbocycles. The first kappa shape index (κ1) is 26.2. The van der Waals surface area contributed by atoms with E-state index in [-0.39, 0.29) is 11.7 Å². The lowest BCUT2D eigenvalue weighted by Gasteiger charge is -2.29. The van der Waals surface area contributed by atoms with Gasteiger partial charge < -0.3 is 9.47 Å². The maximum absolute atomic E-state index is 13.7. The first-order valence-corrected chi connectivity index (χ1v) is 15.8. The van der Waals surface area contributed by atoms with E-state index in [0.717, 1.165) is 38.9 Å². The molecule has 2 fully saturated rings. The van der Waals surface area contributed by atoms with Gasteiger partial charge in [0.05, 0.1) is 38.4 Å². The molecule has 1 saturated heterocycles. The highest BCUT2D eigenvalue weighted by Gasteiger charge is 2.37. The Balaban J connectivity index is 1.51. The number of fused-ring (bicyclic) bond motifs is 2. The molecule has 39 heavy (non-hydrogen) atoms. The van der Waals surface area contributed by atoms with Gasteiger partial charge in [-0.1, -0.05) is 24.3 Å². The quantitative estimate of drug-likeness (QED) is 0.289. The summed E-state index contributed by atoms with van der Waals surface area (Å²) < 4.78 is 41.1. The average molecular weight is 565 g/mol. The van der Waals surface area contributed by atoms with Crippen molar-refractivity contribution in [3.05, 3.63) is 59.2 Å². The molecule has 204 valence electrons. The molecule has 2 aliphatic rings. The molecule has 1 amide bonds. The first-order valence-electron chi connectivity index (χ1n) is 13.5. The molecule has 9 heteroatoms. The lowest BCUT2D eigenvalue weighted by Crippen LogP contribution is -2.33. The fourth-order valence-corrected chi connectivity index (χ4v) is 7.84. The van der Waals surface area contributed by atoms with Gasteiger partial charge in [0.25, 0.3) is 5.91 Å². The zero-order valence-corrected chi connectivity index (χ0v) is 24.0. The van der Waals surface area contributed by atoms with Crippen LogP contribution in [0.1, 0.15) is 54.1 Å². The Morgan fingerprint density at radius 3 is 2.56 bits per heavy atom. The van der Waals surface area contributed by atoms with Gasteiger partial charge in [-0.2, -0.15) is 0 Å². The Bertz CT molecular complexity index is 1680. The standard InChI is InChI=1S/C30H32N2O5S2/c1-17-8-11-25(37-19(3)20-12-14-36-15-13-20)27-23(30(33)32-39(34,35)21-9-10-21)16-24(31-28(17)27)29-18(2)22-6-4-5-7-26(22)38-29/h4-8,11,16,19-21H,9-10,12-15H2,1-3H3,(H,32,33)/t19-/m1/s1. The Labute approximate surface area is 232 Å². The number of ether oxygens (including phenoxy) is 2. The second kappa shape index (κ2) is 10.2. The van der Waals surface area contributed by atoms with Gasteiger partial charge in [-0.15, -0.1) is 11.3 Å². The number of amides is 1. The number of aromatic nitrogens is 1. The lowest BCUT2D eigenvalue weighted by molar-refractivity contribution is 0.0243. The van der Waals surface area contributed by atoms with Crippen LogP contribution in [0.3, 0.4) is 0 Å². The topological polar surface area (TPSA) is 94.6 Å². The minimum absolute atomic E-state index is 0.101. The number of aryl methyl sites for hydroxylation is 2. The number of hydrogen-bond donors (Lipinski definition) is 1. The Morgan fingerprint density at radius 1 is 1.10 bits per heavy atom. The molecule has 1 N–H and O–H groups in total. The molecule has 2 aromatic heterocycles. The van der Waals surface area contributed by atoms with E-state index >= 15 is 0 Å². The average Bonchev–Trinajstić information content (AvgIpc) is 3.75. The number of sulfonamides is 1. The number of carbonyl (C=O) groups excluding carboxylic acids is 1. The minimum atomic E-state index is -3.74. The predicted molar refractivity (Wildman–Crippen MR) is 155 cm³/mol. The van der Waals surface area contributed by atoms with Crippen molar-refractivity contribution in [2.75, 3.05) is 13.2 Å². The molecule has 1 saturated carbocycles. The smallest absolute Gasteiger partial charge is 0.265 e. The van der Waals surface area contributed by atoms with Crippen LogP contribution in [0, 0.1) is 19.8 Å². The van der Waals surface area contributed by atoms with E-state index < -0.39 is 21.2 Å². The Hall–Kier alpha value is -3.01. The minimum Gasteiger partial charge on any atom is -0.490 e. The first-order chi connectivity index (χ1) is 18.7. The fourth-order valence-electron chi connectivity index (χ4n) is 5.38. The fraction of sp³-hybridized carbons (Fsp3) is 0.400. The molecule has 3 heterocycles. The molecule has 7 nitrogen and oxygen atoms in total. The molecule has 4 aromatic rings. The van der Waals surface area contributed by atoms with Gasteiger partial charge in [-0.05, 0) is 87.1 Å². The largest absolute Gasteiger partial charge is 0.490 e. The zero-order chi connectivity index (χ0) is 27.3. The summed E-state index contributed by atoms with van der Waals surface area (Å²) in [4.78, 5) is 19.7. The summed E-state index contributed by atoms with van der Waals surface area (Å²) in [5.41, 5.74) is 3.50. The summed E-state index contributed by atoms with van der Waals surface area (Å²) in [6.45, 7) is 7.46. The monoisotopic (exact) mass is 564 g/mol. The van der Waals surface area contributed by atoms with Gasteiger partial charge in [-0.3, -0.25) is 4.79 Å². The number of benzene rings is 2. The molecule has 0 bridgehead atoms. The summed E-state index contributed by atoms with van der Waals surface area (Å²) in [6, 6.07) is 13.7. The molecular formula is C30H32N2O5S2. The van der Waals surface area contributed by atoms with Crippen LogP contribution in [0.15, 0.2) is 42.5 Å². The highest BCUT2D eigenvalue weighted by Crippen LogP contribution is 2.41. The Morgan fingerprint density at radius 2 is 1.85 bits per heavy atom. The van der Waals surface area contributed by atoms with Gasteiger partial charge in [0.2, 0.25) is 10.0 Å². The zero-order valence-electron chi connectivity index (χ0n) is 22.3. The molecule has 2 aromatic carbocycles. The van der Waals surface area contributed by atoms with Crippen LogP contribution >= 0.6 is 11.3 Å². The third-order valence-corrected chi connectivity index (χ3v) is 11.0. The molecule has 0 unspecified atom stereocenters. The van der Waals surface area contributed by atoms with Crippen molar-refractivity contribution >= 4 is 48.3 Å². The maximum Gasteiger partial charge on any atom is 0.265 e. The van der Waals surface area contributed by atoms with E-state index in [1.165, 1.54) is 0 Å². The van der Waals surface area contributed by atoms with Crippen LogP contribution in [0.2, 0.25) is 0 Å². The molecule has 0 spiro atoms. The maximum atomic E-state index is 13.7. The van der Waals surface area contributed by atoms with Crippen molar-refractivity contribution in [1.82, 2.24) is 9.71 Å². The van der Waals surface area contributed by atoms with E-state index in [4.69, 9.17) is 14.5 Å². The highest BCUT2D eigenvalue weighted by molar-refractivity contribution is 7.91. The van der Waals surface area contributed by atoms with Crippen molar-refractivity contribution in [3.8, 4) is 16.3 Å². The molecule has 0 radical (unpaired) electrons. The normalized spacial score (nSPS) is 17.4. The third kappa shape index (κ3) is 5.03. The van der Waals surface area contributed by atoms with Crippen molar-refractivity contribution in [2.24, 2.45) is 5.92 Å². The van der Waals surface area contributed by atoms with E-state index in [9.17, 15) is 13.2 Å². The van der Waals surface area contributed by atoms with Crippen molar-refractivity contribution in [3.63, 3.8) is 0 Å². The number of carbonyl (C=O) groups is 1. The van der Waals surface area contributed by atoms with Crippen LogP contribution < -0.4 is 9.46 Å². The van der Waals surface area contributed by atoms with Crippen LogP contribution in [0.4, 0.5) is 0 Å². The summed E-state index contributed by atoms with van der Waals surface area (Å²) in [5, 5.41) is 1.17. The molecule has 1 aliphatic heterocycles. The summed E-state index contributed by atoms with van der Waals surface area (Å²) >= 11 is 1.62. The van der Waals surface area contributed by atoms with Crippen molar-refractivity contribution in [1.29, 1.82) is 0 Å². The van der Waals surface area contributed by atoms with Crippen LogP contribution in [0.5, 0.6) is 5.75 Å². The van der Waals surface area contributed by atoms with E-state index in [1.54, 1.807) is 17.4 Å². The highest BCUT2D eigenvalue weighted by atomic mass is 32.2. The lowest BCUT2D eigenvalue weighted by atomic mass is 9.94. The van der Waals surface area contributed by atoms with Gasteiger partial charge in [0.1, 0.15) is 5.75 Å². The van der Waals surface area contributed by atoms with Gasteiger partial charge in [0.15, 0.2) is 0 Å². The number of nitrogens with one attached hydrogen (secondary N) is 1. The second-order valence-electron chi connectivity index (χ2n) is 10.7. The molecule has 1 atom stereocenters. The number of pyridine rings is 1. The van der Waals surface area contributed by atoms with Crippen LogP contribution in [0.25, 0.3) is 31.6 Å². The summed E-state index contributed by atoms with van der Waals surface area (Å²) in [5.74, 6) is 0.218. The van der Waals surface area contributed by atoms with E-state index in [1.807, 2.05) is 38.1 Å². The van der Waals surface area contributed by atoms with Gasteiger partial charge in [-0.25, -0.2) is 18.1 Å². The van der Waals surface area contributed by atoms with E-state index in [0.29, 0.717) is 54.3 Å². The number of thiophene rings is 1. The number of hydrogen-bond acceptors (Lipinski definition) is 7. The second-order valence-corrected chi connectivity index (χ2v) is 13.7. The summed E-state index contributed by atoms with van der Waals surface area (Å²) in [6.07, 6.45) is 2.86. The van der Waals surface area contributed by atoms with Gasteiger partial charge >= 0.3 is 0 Å². The van der Waals surface area contributed by atoms with Crippen molar-refractivity contribution in [2.45, 2.75) is 57.8 Å². The number of nitrogens with zero attached hydrogens (tertiary/aromatic N) is 1. The van der Waals surface area contributed by atoms with Crippen molar-refractivity contribution < 1.29 is 22.7 Å². The molecule has 6 rings (SSSR count). The third-order valence-electron chi connectivity index (χ3n) is 7.89.